The second-order valence-corrected chi connectivity index (χ2v) is 5.50. The summed E-state index contributed by atoms with van der Waals surface area (Å²) in [5.41, 5.74) is 8.88. The van der Waals surface area contributed by atoms with Gasteiger partial charge in [0.05, 0.1) is 0 Å². The molecule has 0 saturated carbocycles. The Morgan fingerprint density at radius 1 is 1.26 bits per heavy atom. The number of likely N-dealkylation sites (N-methyl/N-ethyl adjacent to an activating group) is 1. The second kappa shape index (κ2) is 6.40. The van der Waals surface area contributed by atoms with Gasteiger partial charge in [0.1, 0.15) is 0 Å². The first-order valence-electron chi connectivity index (χ1n) is 7.50. The molecule has 1 aromatic rings. The summed E-state index contributed by atoms with van der Waals surface area (Å²) in [5, 5.41) is 0. The van der Waals surface area contributed by atoms with E-state index in [0.29, 0.717) is 6.04 Å². The summed E-state index contributed by atoms with van der Waals surface area (Å²) in [7, 11) is 0. The first-order valence-corrected chi connectivity index (χ1v) is 7.50. The Hall–Kier alpha value is -1.06. The van der Waals surface area contributed by atoms with Crippen molar-refractivity contribution in [2.24, 2.45) is 5.73 Å². The van der Waals surface area contributed by atoms with Crippen molar-refractivity contribution in [3.63, 3.8) is 0 Å². The van der Waals surface area contributed by atoms with Crippen molar-refractivity contribution in [2.75, 3.05) is 31.1 Å². The van der Waals surface area contributed by atoms with Crippen molar-refractivity contribution in [3.05, 3.63) is 29.8 Å². The van der Waals surface area contributed by atoms with Gasteiger partial charge < -0.3 is 10.6 Å². The van der Waals surface area contributed by atoms with E-state index in [2.05, 4.69) is 54.8 Å². The van der Waals surface area contributed by atoms with Crippen molar-refractivity contribution in [2.45, 2.75) is 39.3 Å². The van der Waals surface area contributed by atoms with Crippen LogP contribution in [0.15, 0.2) is 24.3 Å². The third-order valence-corrected chi connectivity index (χ3v) is 4.29. The quantitative estimate of drug-likeness (QED) is 0.904. The first-order chi connectivity index (χ1) is 9.17. The van der Waals surface area contributed by atoms with Crippen LogP contribution >= 0.6 is 0 Å². The molecule has 1 saturated heterocycles. The van der Waals surface area contributed by atoms with Crippen LogP contribution in [0.25, 0.3) is 0 Å². The third kappa shape index (κ3) is 3.10. The van der Waals surface area contributed by atoms with Gasteiger partial charge in [-0.1, -0.05) is 32.0 Å². The zero-order valence-electron chi connectivity index (χ0n) is 12.5. The molecular formula is C16H27N3. The van der Waals surface area contributed by atoms with Gasteiger partial charge >= 0.3 is 0 Å². The molecule has 0 bridgehead atoms. The fourth-order valence-electron chi connectivity index (χ4n) is 2.99. The lowest BCUT2D eigenvalue weighted by Gasteiger charge is -2.41. The lowest BCUT2D eigenvalue weighted by Crippen LogP contribution is -2.52. The average molecular weight is 261 g/mol. The third-order valence-electron chi connectivity index (χ3n) is 4.29. The lowest BCUT2D eigenvalue weighted by atomic mass is 10.0. The summed E-state index contributed by atoms with van der Waals surface area (Å²) < 4.78 is 0. The largest absolute Gasteiger partial charge is 0.368 e. The number of rotatable bonds is 4. The van der Waals surface area contributed by atoms with Crippen LogP contribution in [0.5, 0.6) is 0 Å². The van der Waals surface area contributed by atoms with Gasteiger partial charge in [0, 0.05) is 37.4 Å². The van der Waals surface area contributed by atoms with E-state index in [4.69, 9.17) is 5.73 Å². The zero-order chi connectivity index (χ0) is 13.8. The zero-order valence-corrected chi connectivity index (χ0v) is 12.5. The van der Waals surface area contributed by atoms with E-state index in [-0.39, 0.29) is 6.04 Å². The molecule has 106 valence electrons. The van der Waals surface area contributed by atoms with Gasteiger partial charge in [-0.05, 0) is 31.5 Å². The Balaban J connectivity index is 2.19. The minimum atomic E-state index is 0.149. The predicted octanol–water partition coefficient (Wildman–Crippen LogP) is 2.63. The fourth-order valence-corrected chi connectivity index (χ4v) is 2.99. The molecule has 0 aliphatic carbocycles. The molecule has 3 nitrogen and oxygen atoms in total. The molecule has 2 rings (SSSR count). The van der Waals surface area contributed by atoms with Crippen LogP contribution in [0, 0.1) is 0 Å². The van der Waals surface area contributed by atoms with E-state index in [1.807, 2.05) is 0 Å². The smallest absolute Gasteiger partial charge is 0.0415 e. The van der Waals surface area contributed by atoms with Gasteiger partial charge in [-0.25, -0.2) is 0 Å². The number of hydrogen-bond acceptors (Lipinski definition) is 3. The van der Waals surface area contributed by atoms with E-state index in [1.165, 1.54) is 11.3 Å². The summed E-state index contributed by atoms with van der Waals surface area (Å²) >= 11 is 0. The Bertz CT molecular complexity index is 405. The molecule has 0 spiro atoms. The van der Waals surface area contributed by atoms with Crippen LogP contribution < -0.4 is 10.6 Å². The molecule has 3 heteroatoms. The van der Waals surface area contributed by atoms with Gasteiger partial charge in [-0.15, -0.1) is 0 Å². The maximum atomic E-state index is 6.25. The molecule has 0 amide bonds. The number of nitrogens with two attached hydrogens (primary N) is 1. The van der Waals surface area contributed by atoms with E-state index in [0.717, 1.165) is 32.6 Å². The molecular weight excluding hydrogens is 234 g/mol. The maximum absolute atomic E-state index is 6.25. The predicted molar refractivity (Wildman–Crippen MR) is 82.6 cm³/mol. The fraction of sp³-hybridized carbons (Fsp3) is 0.625. The highest BCUT2D eigenvalue weighted by molar-refractivity contribution is 5.55. The standard InChI is InChI=1S/C16H27N3/c1-4-15(17)14-8-6-7-9-16(14)19-11-10-18(5-2)13(3)12-19/h6-9,13,15H,4-5,10-12,17H2,1-3H3/t13?,15-/m0/s1. The van der Waals surface area contributed by atoms with Crippen LogP contribution in [0.1, 0.15) is 38.8 Å². The summed E-state index contributed by atoms with van der Waals surface area (Å²) in [4.78, 5) is 5.04. The highest BCUT2D eigenvalue weighted by Crippen LogP contribution is 2.28. The van der Waals surface area contributed by atoms with Gasteiger partial charge in [-0.3, -0.25) is 4.90 Å². The van der Waals surface area contributed by atoms with E-state index in [1.54, 1.807) is 0 Å². The van der Waals surface area contributed by atoms with Crippen LogP contribution in [0.3, 0.4) is 0 Å². The van der Waals surface area contributed by atoms with Crippen molar-refractivity contribution < 1.29 is 0 Å². The van der Waals surface area contributed by atoms with Crippen molar-refractivity contribution >= 4 is 5.69 Å². The topological polar surface area (TPSA) is 32.5 Å². The van der Waals surface area contributed by atoms with E-state index >= 15 is 0 Å². The Labute approximate surface area is 117 Å². The molecule has 0 radical (unpaired) electrons. The normalized spacial score (nSPS) is 22.5. The van der Waals surface area contributed by atoms with Gasteiger partial charge in [0.25, 0.3) is 0 Å². The highest BCUT2D eigenvalue weighted by Gasteiger charge is 2.24. The van der Waals surface area contributed by atoms with Crippen molar-refractivity contribution in [3.8, 4) is 0 Å². The number of hydrogen-bond donors (Lipinski definition) is 1. The number of benzene rings is 1. The highest BCUT2D eigenvalue weighted by atomic mass is 15.3. The van der Waals surface area contributed by atoms with Crippen LogP contribution in [0.2, 0.25) is 0 Å². The number of para-hydroxylation sites is 1. The summed E-state index contributed by atoms with van der Waals surface area (Å²) in [6.07, 6.45) is 0.988. The lowest BCUT2D eigenvalue weighted by molar-refractivity contribution is 0.199. The molecule has 1 aliphatic heterocycles. The molecule has 2 N–H and O–H groups in total. The van der Waals surface area contributed by atoms with Crippen LogP contribution in [-0.2, 0) is 0 Å². The van der Waals surface area contributed by atoms with Gasteiger partial charge in [0.15, 0.2) is 0 Å². The van der Waals surface area contributed by atoms with Crippen molar-refractivity contribution in [1.29, 1.82) is 0 Å². The minimum Gasteiger partial charge on any atom is -0.368 e. The Morgan fingerprint density at radius 2 is 2.00 bits per heavy atom. The summed E-state index contributed by atoms with van der Waals surface area (Å²) in [6.45, 7) is 11.2. The molecule has 1 heterocycles. The van der Waals surface area contributed by atoms with E-state index in [9.17, 15) is 0 Å². The summed E-state index contributed by atoms with van der Waals surface area (Å²) in [6, 6.07) is 9.39. The molecule has 1 fully saturated rings. The summed E-state index contributed by atoms with van der Waals surface area (Å²) in [5.74, 6) is 0. The monoisotopic (exact) mass is 261 g/mol. The molecule has 1 aromatic carbocycles. The Kier molecular flexibility index (Phi) is 4.83. The van der Waals surface area contributed by atoms with Crippen LogP contribution in [0.4, 0.5) is 5.69 Å². The SMILES string of the molecule is CC[C@H](N)c1ccccc1N1CCN(CC)C(C)C1. The Morgan fingerprint density at radius 3 is 2.63 bits per heavy atom. The minimum absolute atomic E-state index is 0.149. The van der Waals surface area contributed by atoms with Gasteiger partial charge in [-0.2, -0.15) is 0 Å². The number of nitrogens with zero attached hydrogens (tertiary/aromatic N) is 2. The first kappa shape index (κ1) is 14.4. The molecule has 0 aromatic heterocycles. The molecule has 1 aliphatic rings. The van der Waals surface area contributed by atoms with Gasteiger partial charge in [0.2, 0.25) is 0 Å². The molecule has 19 heavy (non-hydrogen) atoms. The second-order valence-electron chi connectivity index (χ2n) is 5.50. The van der Waals surface area contributed by atoms with Crippen LogP contribution in [-0.4, -0.2) is 37.1 Å². The number of anilines is 1. The maximum Gasteiger partial charge on any atom is 0.0415 e. The molecule has 1 unspecified atom stereocenters. The molecule has 2 atom stereocenters. The number of piperazine rings is 1. The van der Waals surface area contributed by atoms with Crippen molar-refractivity contribution in [1.82, 2.24) is 4.90 Å². The van der Waals surface area contributed by atoms with E-state index < -0.39 is 0 Å². The average Bonchev–Trinajstić information content (AvgIpc) is 2.46.